The van der Waals surface area contributed by atoms with Crippen LogP contribution in [0.5, 0.6) is 0 Å². The molecule has 8 nitrogen and oxygen atoms in total. The van der Waals surface area contributed by atoms with Crippen LogP contribution in [0, 0.1) is 0 Å². The van der Waals surface area contributed by atoms with Gasteiger partial charge in [-0.15, -0.1) is 0 Å². The number of halogens is 1. The van der Waals surface area contributed by atoms with Crippen molar-refractivity contribution in [2.45, 2.75) is 63.1 Å². The topological polar surface area (TPSA) is 108 Å². The van der Waals surface area contributed by atoms with E-state index in [1.807, 2.05) is 0 Å². The molecule has 3 N–H and O–H groups in total. The molecule has 1 heterocycles. The summed E-state index contributed by atoms with van der Waals surface area (Å²) >= 11 is 6.21. The average Bonchev–Trinajstić information content (AvgIpc) is 3.29. The minimum atomic E-state index is -0.973. The number of rotatable bonds is 5. The molecule has 154 valence electrons. The molecule has 0 bridgehead atoms. The highest BCUT2D eigenvalue weighted by Crippen LogP contribution is 2.36. The normalized spacial score (nSPS) is 21.2. The first kappa shape index (κ1) is 19.7. The molecule has 2 saturated carbocycles. The van der Waals surface area contributed by atoms with Gasteiger partial charge in [0.25, 0.3) is 11.8 Å². The summed E-state index contributed by atoms with van der Waals surface area (Å²) < 4.78 is 0. The van der Waals surface area contributed by atoms with E-state index in [2.05, 4.69) is 16.0 Å². The molecule has 29 heavy (non-hydrogen) atoms. The van der Waals surface area contributed by atoms with Crippen molar-refractivity contribution in [1.29, 1.82) is 0 Å². The van der Waals surface area contributed by atoms with E-state index in [0.717, 1.165) is 30.6 Å². The van der Waals surface area contributed by atoms with E-state index in [4.69, 9.17) is 11.6 Å². The minimum Gasteiger partial charge on any atom is -0.349 e. The molecule has 9 heteroatoms. The fraction of sp³-hybridized carbons (Fsp3) is 0.500. The van der Waals surface area contributed by atoms with Crippen LogP contribution >= 0.6 is 11.6 Å². The largest absolute Gasteiger partial charge is 0.349 e. The Morgan fingerprint density at radius 3 is 2.55 bits per heavy atom. The van der Waals surface area contributed by atoms with Gasteiger partial charge < -0.3 is 16.0 Å². The SMILES string of the molecule is CC(C(=O)Nc1ccc(C(=O)NC2CC2)c(Cl)c1)N1C(=O)NC2(CCCC2)C1=O. The number of nitrogens with zero attached hydrogens (tertiary/aromatic N) is 1. The van der Waals surface area contributed by atoms with Gasteiger partial charge in [0, 0.05) is 11.7 Å². The Hall–Kier alpha value is -2.61. The number of amides is 5. The molecule has 3 aliphatic rings. The molecule has 3 fully saturated rings. The zero-order valence-electron chi connectivity index (χ0n) is 16.1. The number of hydrogen-bond acceptors (Lipinski definition) is 4. The van der Waals surface area contributed by atoms with Gasteiger partial charge in [-0.05, 0) is 50.8 Å². The quantitative estimate of drug-likeness (QED) is 0.638. The van der Waals surface area contributed by atoms with Crippen LogP contribution in [0.3, 0.4) is 0 Å². The number of nitrogens with one attached hydrogen (secondary N) is 3. The number of urea groups is 1. The van der Waals surface area contributed by atoms with Gasteiger partial charge in [0.15, 0.2) is 0 Å². The molecule has 1 aliphatic heterocycles. The smallest absolute Gasteiger partial charge is 0.325 e. The molecule has 2 aliphatic carbocycles. The van der Waals surface area contributed by atoms with Crippen LogP contribution < -0.4 is 16.0 Å². The van der Waals surface area contributed by atoms with Gasteiger partial charge >= 0.3 is 6.03 Å². The van der Waals surface area contributed by atoms with Gasteiger partial charge in [-0.3, -0.25) is 14.4 Å². The molecule has 1 unspecified atom stereocenters. The van der Waals surface area contributed by atoms with E-state index >= 15 is 0 Å². The summed E-state index contributed by atoms with van der Waals surface area (Å²) in [4.78, 5) is 51.0. The summed E-state index contributed by atoms with van der Waals surface area (Å²) in [6, 6.07) is 3.30. The first-order valence-electron chi connectivity index (χ1n) is 9.88. The summed E-state index contributed by atoms with van der Waals surface area (Å²) in [7, 11) is 0. The van der Waals surface area contributed by atoms with Gasteiger partial charge in [-0.2, -0.15) is 0 Å². The lowest BCUT2D eigenvalue weighted by Crippen LogP contribution is -2.48. The summed E-state index contributed by atoms with van der Waals surface area (Å²) in [5.41, 5.74) is -0.134. The molecule has 1 saturated heterocycles. The standard InChI is InChI=1S/C20H23ClN4O4/c1-11(25-18(28)20(24-19(25)29)8-2-3-9-20)16(26)23-13-6-7-14(15(21)10-13)17(27)22-12-4-5-12/h6-7,10-12H,2-5,8-9H2,1H3,(H,22,27)(H,23,26)(H,24,29). The predicted molar refractivity (Wildman–Crippen MR) is 107 cm³/mol. The molecule has 1 aromatic carbocycles. The highest BCUT2D eigenvalue weighted by Gasteiger charge is 2.54. The maximum Gasteiger partial charge on any atom is 0.325 e. The zero-order valence-corrected chi connectivity index (χ0v) is 16.8. The number of carbonyl (C=O) groups is 4. The Bertz CT molecular complexity index is 892. The van der Waals surface area contributed by atoms with E-state index in [1.54, 1.807) is 12.1 Å². The highest BCUT2D eigenvalue weighted by molar-refractivity contribution is 6.34. The third-order valence-corrected chi connectivity index (χ3v) is 6.12. The van der Waals surface area contributed by atoms with E-state index in [1.165, 1.54) is 13.0 Å². The van der Waals surface area contributed by atoms with Crippen molar-refractivity contribution in [3.05, 3.63) is 28.8 Å². The van der Waals surface area contributed by atoms with Crippen molar-refractivity contribution in [2.24, 2.45) is 0 Å². The van der Waals surface area contributed by atoms with Crippen molar-refractivity contribution >= 4 is 41.0 Å². The highest BCUT2D eigenvalue weighted by atomic mass is 35.5. The second-order valence-corrected chi connectivity index (χ2v) is 8.41. The van der Waals surface area contributed by atoms with Gasteiger partial charge in [0.1, 0.15) is 11.6 Å². The summed E-state index contributed by atoms with van der Waals surface area (Å²) in [5, 5.41) is 8.52. The van der Waals surface area contributed by atoms with Gasteiger partial charge in [0.2, 0.25) is 5.91 Å². The van der Waals surface area contributed by atoms with E-state index in [9.17, 15) is 19.2 Å². The second-order valence-electron chi connectivity index (χ2n) is 8.00. The average molecular weight is 419 g/mol. The van der Waals surface area contributed by atoms with Gasteiger partial charge in [-0.25, -0.2) is 9.69 Å². The van der Waals surface area contributed by atoms with E-state index in [0.29, 0.717) is 24.1 Å². The van der Waals surface area contributed by atoms with Crippen LogP contribution in [0.15, 0.2) is 18.2 Å². The van der Waals surface area contributed by atoms with Crippen molar-refractivity contribution in [1.82, 2.24) is 15.5 Å². The van der Waals surface area contributed by atoms with Gasteiger partial charge in [-0.1, -0.05) is 24.4 Å². The molecule has 1 spiro atoms. The van der Waals surface area contributed by atoms with Crippen molar-refractivity contribution in [3.8, 4) is 0 Å². The third-order valence-electron chi connectivity index (χ3n) is 5.81. The monoisotopic (exact) mass is 418 g/mol. The number of imide groups is 1. The fourth-order valence-electron chi connectivity index (χ4n) is 3.94. The number of benzene rings is 1. The summed E-state index contributed by atoms with van der Waals surface area (Å²) in [6.07, 6.45) is 4.89. The van der Waals surface area contributed by atoms with Gasteiger partial charge in [0.05, 0.1) is 10.6 Å². The molecular formula is C20H23ClN4O4. The number of hydrogen-bond donors (Lipinski definition) is 3. The molecule has 0 aromatic heterocycles. The predicted octanol–water partition coefficient (Wildman–Crippen LogP) is 2.42. The minimum absolute atomic E-state index is 0.214. The van der Waals surface area contributed by atoms with Crippen LogP contribution in [-0.4, -0.2) is 46.3 Å². The molecule has 5 amide bonds. The number of anilines is 1. The first-order valence-corrected chi connectivity index (χ1v) is 10.3. The summed E-state index contributed by atoms with van der Waals surface area (Å²) in [6.45, 7) is 1.51. The van der Waals surface area contributed by atoms with Crippen LogP contribution in [0.4, 0.5) is 10.5 Å². The lowest BCUT2D eigenvalue weighted by atomic mass is 9.97. The number of carbonyl (C=O) groups excluding carboxylic acids is 4. The van der Waals surface area contributed by atoms with Crippen molar-refractivity contribution in [3.63, 3.8) is 0 Å². The van der Waals surface area contributed by atoms with Crippen LogP contribution in [0.1, 0.15) is 55.8 Å². The maximum atomic E-state index is 12.8. The maximum absolute atomic E-state index is 12.8. The van der Waals surface area contributed by atoms with Crippen LogP contribution in [0.25, 0.3) is 0 Å². The Morgan fingerprint density at radius 1 is 1.24 bits per heavy atom. The van der Waals surface area contributed by atoms with Crippen molar-refractivity contribution in [2.75, 3.05) is 5.32 Å². The van der Waals surface area contributed by atoms with Crippen molar-refractivity contribution < 1.29 is 19.2 Å². The summed E-state index contributed by atoms with van der Waals surface area (Å²) in [5.74, 6) is -1.09. The molecule has 0 radical (unpaired) electrons. The third kappa shape index (κ3) is 3.69. The Morgan fingerprint density at radius 2 is 1.93 bits per heavy atom. The zero-order chi connectivity index (χ0) is 20.8. The first-order chi connectivity index (χ1) is 13.8. The molecule has 1 aromatic rings. The second kappa shape index (κ2) is 7.33. The van der Waals surface area contributed by atoms with Crippen LogP contribution in [0.2, 0.25) is 5.02 Å². The molecule has 4 rings (SSSR count). The lowest BCUT2D eigenvalue weighted by Gasteiger charge is -2.23. The molecular weight excluding hydrogens is 396 g/mol. The Labute approximate surface area is 173 Å². The Kier molecular flexibility index (Phi) is 4.98. The molecule has 1 atom stereocenters. The van der Waals surface area contributed by atoms with E-state index in [-0.39, 0.29) is 22.9 Å². The van der Waals surface area contributed by atoms with Crippen LogP contribution in [-0.2, 0) is 9.59 Å². The fourth-order valence-corrected chi connectivity index (χ4v) is 4.21. The Balaban J connectivity index is 1.43. The lowest BCUT2D eigenvalue weighted by molar-refractivity contribution is -0.136. The van der Waals surface area contributed by atoms with E-state index < -0.39 is 23.5 Å².